The van der Waals surface area contributed by atoms with Crippen LogP contribution >= 0.6 is 0 Å². The molecule has 0 bridgehead atoms. The van der Waals surface area contributed by atoms with Gasteiger partial charge < -0.3 is 19.9 Å². The molecule has 0 saturated carbocycles. The maximum Gasteiger partial charge on any atom is 0.261 e. The lowest BCUT2D eigenvalue weighted by molar-refractivity contribution is 0.0177. The summed E-state index contributed by atoms with van der Waals surface area (Å²) in [6.45, 7) is 2.48. The van der Waals surface area contributed by atoms with Crippen LogP contribution in [0, 0.1) is 6.92 Å². The monoisotopic (exact) mass is 289 g/mol. The molecule has 114 valence electrons. The van der Waals surface area contributed by atoms with Crippen LogP contribution in [-0.2, 0) is 4.74 Å². The van der Waals surface area contributed by atoms with Crippen LogP contribution in [0.5, 0.6) is 5.75 Å². The Labute approximate surface area is 117 Å². The van der Waals surface area contributed by atoms with Gasteiger partial charge in [0.25, 0.3) is 6.43 Å². The van der Waals surface area contributed by atoms with Gasteiger partial charge in [-0.2, -0.15) is 0 Å². The number of rotatable bonds is 10. The van der Waals surface area contributed by atoms with E-state index >= 15 is 0 Å². The van der Waals surface area contributed by atoms with Crippen LogP contribution in [0.15, 0.2) is 24.3 Å². The number of aliphatic hydroxyl groups is 1. The van der Waals surface area contributed by atoms with E-state index in [1.54, 1.807) is 0 Å². The van der Waals surface area contributed by atoms with Gasteiger partial charge in [0, 0.05) is 13.1 Å². The predicted octanol–water partition coefficient (Wildman–Crippen LogP) is 1.61. The first-order valence-electron chi connectivity index (χ1n) is 6.52. The van der Waals surface area contributed by atoms with Gasteiger partial charge in [-0.3, -0.25) is 0 Å². The SMILES string of the molecule is Cc1ccccc1OCC(O)CNCCOCC(F)F. The van der Waals surface area contributed by atoms with Gasteiger partial charge in [-0.25, -0.2) is 8.78 Å². The summed E-state index contributed by atoms with van der Waals surface area (Å²) >= 11 is 0. The lowest BCUT2D eigenvalue weighted by atomic mass is 10.2. The second kappa shape index (κ2) is 9.63. The molecule has 0 amide bonds. The highest BCUT2D eigenvalue weighted by Gasteiger charge is 2.06. The molecule has 4 nitrogen and oxygen atoms in total. The molecule has 1 rings (SSSR count). The van der Waals surface area contributed by atoms with Gasteiger partial charge in [0.05, 0.1) is 6.61 Å². The molecule has 2 N–H and O–H groups in total. The van der Waals surface area contributed by atoms with Crippen molar-refractivity contribution in [1.29, 1.82) is 0 Å². The van der Waals surface area contributed by atoms with E-state index in [0.29, 0.717) is 13.1 Å². The Morgan fingerprint density at radius 2 is 2.00 bits per heavy atom. The number of hydrogen-bond donors (Lipinski definition) is 2. The molecule has 0 spiro atoms. The van der Waals surface area contributed by atoms with Gasteiger partial charge in [0.15, 0.2) is 0 Å². The summed E-state index contributed by atoms with van der Waals surface area (Å²) in [5.41, 5.74) is 1.01. The Hall–Kier alpha value is -1.24. The van der Waals surface area contributed by atoms with Crippen molar-refractivity contribution in [2.75, 3.05) is 32.9 Å². The molecule has 0 aliphatic carbocycles. The Morgan fingerprint density at radius 3 is 2.70 bits per heavy atom. The van der Waals surface area contributed by atoms with E-state index in [-0.39, 0.29) is 13.2 Å². The van der Waals surface area contributed by atoms with Gasteiger partial charge in [0.2, 0.25) is 0 Å². The third kappa shape index (κ3) is 7.37. The number of aliphatic hydroxyl groups excluding tert-OH is 1. The lowest BCUT2D eigenvalue weighted by Crippen LogP contribution is -2.33. The smallest absolute Gasteiger partial charge is 0.261 e. The Balaban J connectivity index is 2.06. The zero-order valence-electron chi connectivity index (χ0n) is 11.5. The van der Waals surface area contributed by atoms with Crippen LogP contribution in [0.3, 0.4) is 0 Å². The van der Waals surface area contributed by atoms with Crippen molar-refractivity contribution >= 4 is 0 Å². The van der Waals surface area contributed by atoms with Crippen molar-refractivity contribution in [3.63, 3.8) is 0 Å². The first-order valence-corrected chi connectivity index (χ1v) is 6.52. The zero-order chi connectivity index (χ0) is 14.8. The van der Waals surface area contributed by atoms with Crippen LogP contribution < -0.4 is 10.1 Å². The van der Waals surface area contributed by atoms with Gasteiger partial charge in [-0.05, 0) is 18.6 Å². The standard InChI is InChI=1S/C14H21F2NO3/c1-11-4-2-3-5-13(11)20-9-12(18)8-17-6-7-19-10-14(15)16/h2-5,12,14,17-18H,6-10H2,1H3. The number of benzene rings is 1. The number of nitrogens with one attached hydrogen (secondary N) is 1. The summed E-state index contributed by atoms with van der Waals surface area (Å²) in [4.78, 5) is 0. The molecule has 1 aromatic carbocycles. The van der Waals surface area contributed by atoms with E-state index < -0.39 is 19.1 Å². The van der Waals surface area contributed by atoms with E-state index in [0.717, 1.165) is 11.3 Å². The van der Waals surface area contributed by atoms with Gasteiger partial charge in [-0.15, -0.1) is 0 Å². The maximum absolute atomic E-state index is 11.8. The van der Waals surface area contributed by atoms with Crippen LogP contribution in [0.25, 0.3) is 0 Å². The van der Waals surface area contributed by atoms with Crippen LogP contribution in [0.4, 0.5) is 8.78 Å². The van der Waals surface area contributed by atoms with Gasteiger partial charge in [-0.1, -0.05) is 18.2 Å². The number of halogens is 2. The molecule has 1 atom stereocenters. The molecule has 0 saturated heterocycles. The lowest BCUT2D eigenvalue weighted by Gasteiger charge is -2.14. The minimum absolute atomic E-state index is 0.176. The number of aryl methyl sites for hydroxylation is 1. The number of para-hydroxylation sites is 1. The summed E-state index contributed by atoms with van der Waals surface area (Å²) in [6.07, 6.45) is -3.10. The highest BCUT2D eigenvalue weighted by atomic mass is 19.3. The minimum Gasteiger partial charge on any atom is -0.491 e. The van der Waals surface area contributed by atoms with Gasteiger partial charge in [0.1, 0.15) is 25.1 Å². The van der Waals surface area contributed by atoms with Crippen LogP contribution in [0.2, 0.25) is 0 Å². The van der Waals surface area contributed by atoms with Crippen molar-refractivity contribution in [3.8, 4) is 5.75 Å². The first-order chi connectivity index (χ1) is 9.59. The van der Waals surface area contributed by atoms with Crippen LogP contribution in [-0.4, -0.2) is 50.5 Å². The van der Waals surface area contributed by atoms with Gasteiger partial charge >= 0.3 is 0 Å². The summed E-state index contributed by atoms with van der Waals surface area (Å²) in [5.74, 6) is 0.742. The fourth-order valence-electron chi connectivity index (χ4n) is 1.55. The number of hydrogen-bond acceptors (Lipinski definition) is 4. The summed E-state index contributed by atoms with van der Waals surface area (Å²) in [7, 11) is 0. The predicted molar refractivity (Wildman–Crippen MR) is 72.4 cm³/mol. The normalized spacial score (nSPS) is 12.7. The second-order valence-electron chi connectivity index (χ2n) is 4.40. The number of ether oxygens (including phenoxy) is 2. The maximum atomic E-state index is 11.8. The molecule has 0 radical (unpaired) electrons. The molecule has 0 aliphatic heterocycles. The third-order valence-corrected chi connectivity index (χ3v) is 2.57. The third-order valence-electron chi connectivity index (χ3n) is 2.57. The summed E-state index contributed by atoms with van der Waals surface area (Å²) in [5, 5.41) is 12.6. The van der Waals surface area contributed by atoms with E-state index in [1.807, 2.05) is 31.2 Å². The largest absolute Gasteiger partial charge is 0.491 e. The average molecular weight is 289 g/mol. The van der Waals surface area contributed by atoms with E-state index in [1.165, 1.54) is 0 Å². The topological polar surface area (TPSA) is 50.7 Å². The molecule has 1 aromatic rings. The molecular weight excluding hydrogens is 268 g/mol. The zero-order valence-corrected chi connectivity index (χ0v) is 11.5. The Kier molecular flexibility index (Phi) is 8.10. The van der Waals surface area contributed by atoms with Crippen molar-refractivity contribution in [1.82, 2.24) is 5.32 Å². The Morgan fingerprint density at radius 1 is 1.25 bits per heavy atom. The van der Waals surface area contributed by atoms with Crippen molar-refractivity contribution < 1.29 is 23.4 Å². The number of alkyl halides is 2. The van der Waals surface area contributed by atoms with Crippen LogP contribution in [0.1, 0.15) is 5.56 Å². The second-order valence-corrected chi connectivity index (χ2v) is 4.40. The molecular formula is C14H21F2NO3. The molecule has 20 heavy (non-hydrogen) atoms. The first kappa shape index (κ1) is 16.8. The Bertz CT molecular complexity index is 377. The molecule has 0 heterocycles. The fraction of sp³-hybridized carbons (Fsp3) is 0.571. The highest BCUT2D eigenvalue weighted by Crippen LogP contribution is 2.16. The van der Waals surface area contributed by atoms with Crippen molar-refractivity contribution in [3.05, 3.63) is 29.8 Å². The summed E-state index contributed by atoms with van der Waals surface area (Å²) in [6, 6.07) is 7.56. The fourth-order valence-corrected chi connectivity index (χ4v) is 1.55. The van der Waals surface area contributed by atoms with Crippen molar-refractivity contribution in [2.24, 2.45) is 0 Å². The molecule has 6 heteroatoms. The van der Waals surface area contributed by atoms with E-state index in [4.69, 9.17) is 9.47 Å². The summed E-state index contributed by atoms with van der Waals surface area (Å²) < 4.78 is 33.7. The molecule has 1 unspecified atom stereocenters. The molecule has 0 fully saturated rings. The van der Waals surface area contributed by atoms with Crippen molar-refractivity contribution in [2.45, 2.75) is 19.5 Å². The van der Waals surface area contributed by atoms with E-state index in [2.05, 4.69) is 5.32 Å². The molecule has 0 aliphatic rings. The minimum atomic E-state index is -2.44. The average Bonchev–Trinajstić information content (AvgIpc) is 2.41. The quantitative estimate of drug-likeness (QED) is 0.643. The molecule has 0 aromatic heterocycles. The highest BCUT2D eigenvalue weighted by molar-refractivity contribution is 5.31. The van der Waals surface area contributed by atoms with E-state index in [9.17, 15) is 13.9 Å².